The molecule has 0 spiro atoms. The first-order valence-corrected chi connectivity index (χ1v) is 11.3. The second kappa shape index (κ2) is 10.2. The number of nitrogens with one attached hydrogen (secondary N) is 2. The molecule has 2 aromatic carbocycles. The number of sulfonamides is 1. The summed E-state index contributed by atoms with van der Waals surface area (Å²) < 4.78 is 59.1. The summed E-state index contributed by atoms with van der Waals surface area (Å²) in [6.07, 6.45) is -0.575. The largest absolute Gasteiger partial charge is 0.360 e. The Balaban J connectivity index is 1.61. The SMILES string of the molecule is Cc1cc(F)ccc1S(=O)(=O)N1CCCO[C@@H]1CNC(=O)C(=O)NCc1ccc(F)cc1. The molecular weight excluding hydrogens is 444 g/mol. The van der Waals surface area contributed by atoms with Crippen LogP contribution in [0.5, 0.6) is 0 Å². The van der Waals surface area contributed by atoms with E-state index < -0.39 is 39.7 Å². The fourth-order valence-corrected chi connectivity index (χ4v) is 5.03. The molecule has 32 heavy (non-hydrogen) atoms. The lowest BCUT2D eigenvalue weighted by molar-refractivity contribution is -0.140. The fraction of sp³-hybridized carbons (Fsp3) is 0.333. The molecule has 2 N–H and O–H groups in total. The number of carbonyl (C=O) groups excluding carboxylic acids is 2. The van der Waals surface area contributed by atoms with E-state index in [-0.39, 0.29) is 36.7 Å². The van der Waals surface area contributed by atoms with E-state index in [0.717, 1.165) is 16.4 Å². The van der Waals surface area contributed by atoms with Gasteiger partial charge < -0.3 is 15.4 Å². The number of amides is 2. The summed E-state index contributed by atoms with van der Waals surface area (Å²) in [5, 5.41) is 4.78. The first kappa shape index (κ1) is 23.8. The molecule has 1 aliphatic heterocycles. The van der Waals surface area contributed by atoms with Gasteiger partial charge in [-0.05, 0) is 54.8 Å². The van der Waals surface area contributed by atoms with Gasteiger partial charge in [0.05, 0.1) is 18.0 Å². The van der Waals surface area contributed by atoms with Crippen LogP contribution >= 0.6 is 0 Å². The minimum Gasteiger partial charge on any atom is -0.360 e. The van der Waals surface area contributed by atoms with E-state index >= 15 is 0 Å². The Kier molecular flexibility index (Phi) is 7.54. The van der Waals surface area contributed by atoms with Gasteiger partial charge in [-0.2, -0.15) is 4.31 Å². The highest BCUT2D eigenvalue weighted by Crippen LogP contribution is 2.25. The predicted molar refractivity (Wildman–Crippen MR) is 111 cm³/mol. The van der Waals surface area contributed by atoms with Gasteiger partial charge in [-0.3, -0.25) is 9.59 Å². The lowest BCUT2D eigenvalue weighted by Crippen LogP contribution is -2.53. The maximum atomic E-state index is 13.4. The Morgan fingerprint density at radius 1 is 1.06 bits per heavy atom. The number of ether oxygens (including phenoxy) is 1. The molecule has 0 bridgehead atoms. The van der Waals surface area contributed by atoms with Gasteiger partial charge in [0.25, 0.3) is 0 Å². The van der Waals surface area contributed by atoms with Gasteiger partial charge in [-0.1, -0.05) is 12.1 Å². The van der Waals surface area contributed by atoms with E-state index in [2.05, 4.69) is 10.6 Å². The number of benzene rings is 2. The van der Waals surface area contributed by atoms with Crippen LogP contribution in [0.1, 0.15) is 17.5 Å². The van der Waals surface area contributed by atoms with E-state index in [9.17, 15) is 26.8 Å². The van der Waals surface area contributed by atoms with Gasteiger partial charge in [0.2, 0.25) is 10.0 Å². The highest BCUT2D eigenvalue weighted by atomic mass is 32.2. The van der Waals surface area contributed by atoms with Crippen LogP contribution in [0.4, 0.5) is 8.78 Å². The van der Waals surface area contributed by atoms with Crippen molar-refractivity contribution in [2.24, 2.45) is 0 Å². The molecule has 172 valence electrons. The second-order valence-electron chi connectivity index (χ2n) is 7.22. The van der Waals surface area contributed by atoms with Crippen molar-refractivity contribution in [3.63, 3.8) is 0 Å². The van der Waals surface area contributed by atoms with Gasteiger partial charge in [-0.15, -0.1) is 0 Å². The van der Waals surface area contributed by atoms with Crippen LogP contribution in [0.2, 0.25) is 0 Å². The Hall–Kier alpha value is -2.89. The summed E-state index contributed by atoms with van der Waals surface area (Å²) >= 11 is 0. The number of hydrogen-bond donors (Lipinski definition) is 2. The van der Waals surface area contributed by atoms with Gasteiger partial charge in [0, 0.05) is 13.1 Å². The highest BCUT2D eigenvalue weighted by Gasteiger charge is 2.35. The number of aryl methyl sites for hydroxylation is 1. The van der Waals surface area contributed by atoms with E-state index in [1.165, 1.54) is 37.3 Å². The zero-order valence-corrected chi connectivity index (χ0v) is 18.1. The van der Waals surface area contributed by atoms with Gasteiger partial charge in [0.15, 0.2) is 0 Å². The molecule has 3 rings (SSSR count). The van der Waals surface area contributed by atoms with Crippen LogP contribution in [0.15, 0.2) is 47.4 Å². The Bertz CT molecular complexity index is 1090. The average Bonchev–Trinajstić information content (AvgIpc) is 2.76. The highest BCUT2D eigenvalue weighted by molar-refractivity contribution is 7.89. The molecule has 11 heteroatoms. The summed E-state index contributed by atoms with van der Waals surface area (Å²) in [7, 11) is -4.02. The van der Waals surface area contributed by atoms with Gasteiger partial charge >= 0.3 is 11.8 Å². The molecule has 0 saturated carbocycles. The molecule has 2 amide bonds. The molecule has 1 aliphatic rings. The second-order valence-corrected chi connectivity index (χ2v) is 9.08. The van der Waals surface area contributed by atoms with Crippen molar-refractivity contribution < 1.29 is 31.5 Å². The van der Waals surface area contributed by atoms with Crippen molar-refractivity contribution in [3.05, 3.63) is 65.2 Å². The molecule has 1 saturated heterocycles. The van der Waals surface area contributed by atoms with E-state index in [1.807, 2.05) is 0 Å². The van der Waals surface area contributed by atoms with Crippen molar-refractivity contribution in [2.45, 2.75) is 31.0 Å². The van der Waals surface area contributed by atoms with Gasteiger partial charge in [-0.25, -0.2) is 17.2 Å². The van der Waals surface area contributed by atoms with Gasteiger partial charge in [0.1, 0.15) is 17.9 Å². The third-order valence-electron chi connectivity index (χ3n) is 4.89. The van der Waals surface area contributed by atoms with Crippen molar-refractivity contribution in [1.29, 1.82) is 0 Å². The number of carbonyl (C=O) groups is 2. The van der Waals surface area contributed by atoms with Crippen molar-refractivity contribution in [2.75, 3.05) is 19.7 Å². The van der Waals surface area contributed by atoms with Crippen LogP contribution in [-0.2, 0) is 30.9 Å². The maximum Gasteiger partial charge on any atom is 0.309 e. The maximum absolute atomic E-state index is 13.4. The molecule has 1 atom stereocenters. The molecule has 0 aliphatic carbocycles. The normalized spacial score (nSPS) is 17.0. The number of hydrogen-bond acceptors (Lipinski definition) is 5. The molecule has 0 aromatic heterocycles. The lowest BCUT2D eigenvalue weighted by Gasteiger charge is -2.34. The third-order valence-corrected chi connectivity index (χ3v) is 6.94. The predicted octanol–water partition coefficient (Wildman–Crippen LogP) is 1.44. The van der Waals surface area contributed by atoms with Crippen molar-refractivity contribution in [1.82, 2.24) is 14.9 Å². The summed E-state index contributed by atoms with van der Waals surface area (Å²) in [5.41, 5.74) is 0.855. The molecule has 2 aromatic rings. The Morgan fingerprint density at radius 2 is 1.72 bits per heavy atom. The standard InChI is InChI=1S/C21H23F2N3O5S/c1-14-11-17(23)7-8-18(14)32(29,30)26-9-2-10-31-19(26)13-25-21(28)20(27)24-12-15-3-5-16(22)6-4-15/h3-8,11,19H,2,9-10,12-13H2,1H3,(H,24,27)(H,25,28)/t19-/m1/s1. The minimum absolute atomic E-state index is 0.0246. The number of rotatable bonds is 6. The molecule has 8 nitrogen and oxygen atoms in total. The Labute approximate surface area is 184 Å². The van der Waals surface area contributed by atoms with Crippen molar-refractivity contribution in [3.8, 4) is 0 Å². The lowest BCUT2D eigenvalue weighted by atomic mass is 10.2. The van der Waals surface area contributed by atoms with E-state index in [4.69, 9.17) is 4.74 Å². The molecule has 0 unspecified atom stereocenters. The minimum atomic E-state index is -4.02. The van der Waals surface area contributed by atoms with Crippen LogP contribution in [0.25, 0.3) is 0 Å². The average molecular weight is 467 g/mol. The van der Waals surface area contributed by atoms with Crippen LogP contribution in [-0.4, -0.2) is 50.5 Å². The van der Waals surface area contributed by atoms with E-state index in [0.29, 0.717) is 12.0 Å². The molecule has 1 fully saturated rings. The summed E-state index contributed by atoms with van der Waals surface area (Å²) in [4.78, 5) is 24.1. The first-order valence-electron chi connectivity index (χ1n) is 9.88. The smallest absolute Gasteiger partial charge is 0.309 e. The third kappa shape index (κ3) is 5.67. The molecular formula is C21H23F2N3O5S. The monoisotopic (exact) mass is 467 g/mol. The topological polar surface area (TPSA) is 105 Å². The number of halogens is 2. The quantitative estimate of drug-likeness (QED) is 0.626. The van der Waals surface area contributed by atoms with Crippen LogP contribution in [0.3, 0.4) is 0 Å². The first-order chi connectivity index (χ1) is 15.2. The molecule has 0 radical (unpaired) electrons. The van der Waals surface area contributed by atoms with Crippen LogP contribution < -0.4 is 10.6 Å². The number of nitrogens with zero attached hydrogens (tertiary/aromatic N) is 1. The van der Waals surface area contributed by atoms with Crippen LogP contribution in [0, 0.1) is 18.6 Å². The molecule has 1 heterocycles. The zero-order chi connectivity index (χ0) is 23.3. The summed E-state index contributed by atoms with van der Waals surface area (Å²) in [5.74, 6) is -2.85. The summed E-state index contributed by atoms with van der Waals surface area (Å²) in [6.45, 7) is 1.70. The van der Waals surface area contributed by atoms with Crippen molar-refractivity contribution >= 4 is 21.8 Å². The van der Waals surface area contributed by atoms with E-state index in [1.54, 1.807) is 0 Å². The summed E-state index contributed by atoms with van der Waals surface area (Å²) in [6, 6.07) is 8.80. The Morgan fingerprint density at radius 3 is 2.41 bits per heavy atom. The zero-order valence-electron chi connectivity index (χ0n) is 17.3. The fourth-order valence-electron chi connectivity index (χ4n) is 3.26.